The Kier molecular flexibility index (Phi) is 4.32. The second-order valence-electron chi connectivity index (χ2n) is 7.08. The van der Waals surface area contributed by atoms with Gasteiger partial charge in [0.2, 0.25) is 0 Å². The van der Waals surface area contributed by atoms with Crippen LogP contribution in [0.15, 0.2) is 48.5 Å². The predicted octanol–water partition coefficient (Wildman–Crippen LogP) is 6.87. The molecule has 3 rings (SSSR count). The zero-order valence-electron chi connectivity index (χ0n) is 15.6. The van der Waals surface area contributed by atoms with Crippen LogP contribution < -0.4 is 0 Å². The Morgan fingerprint density at radius 3 is 1.00 bits per heavy atom. The molecule has 0 amide bonds. The standard InChI is InChI=1S/C24H26/c1-15-11-19(5)23(13-17(15)3)21-7-9-22(10-8-21)24-14-18(4)16(2)12-20(24)6/h7-14H,1-6H3. The quantitative estimate of drug-likeness (QED) is 0.484. The Bertz CT molecular complexity index is 820. The van der Waals surface area contributed by atoms with E-state index < -0.39 is 0 Å². The van der Waals surface area contributed by atoms with E-state index in [4.69, 9.17) is 0 Å². The minimum Gasteiger partial charge on any atom is -0.0555 e. The number of hydrogen-bond acceptors (Lipinski definition) is 0. The van der Waals surface area contributed by atoms with Crippen molar-refractivity contribution < 1.29 is 0 Å². The summed E-state index contributed by atoms with van der Waals surface area (Å²) in [4.78, 5) is 0. The van der Waals surface area contributed by atoms with Gasteiger partial charge in [0.05, 0.1) is 0 Å². The molecule has 0 spiro atoms. The highest BCUT2D eigenvalue weighted by atomic mass is 14.1. The zero-order valence-corrected chi connectivity index (χ0v) is 15.6. The SMILES string of the molecule is Cc1cc(C)c(-c2ccc(-c3cc(C)c(C)cc3C)cc2)cc1C. The van der Waals surface area contributed by atoms with Crippen LogP contribution in [0.25, 0.3) is 22.3 Å². The average Bonchev–Trinajstić information content (AvgIpc) is 2.55. The lowest BCUT2D eigenvalue weighted by molar-refractivity contribution is 1.29. The molecular weight excluding hydrogens is 288 g/mol. The van der Waals surface area contributed by atoms with Crippen molar-refractivity contribution >= 4 is 0 Å². The van der Waals surface area contributed by atoms with Gasteiger partial charge in [0, 0.05) is 0 Å². The number of hydrogen-bond donors (Lipinski definition) is 0. The van der Waals surface area contributed by atoms with Crippen LogP contribution in [0, 0.1) is 41.5 Å². The van der Waals surface area contributed by atoms with E-state index in [0.29, 0.717) is 0 Å². The molecule has 0 atom stereocenters. The second-order valence-corrected chi connectivity index (χ2v) is 7.08. The lowest BCUT2D eigenvalue weighted by Gasteiger charge is -2.13. The highest BCUT2D eigenvalue weighted by Crippen LogP contribution is 2.31. The smallest absolute Gasteiger partial charge is 0.0152 e. The largest absolute Gasteiger partial charge is 0.0555 e. The molecule has 3 aromatic rings. The van der Waals surface area contributed by atoms with Crippen molar-refractivity contribution in [2.24, 2.45) is 0 Å². The van der Waals surface area contributed by atoms with Gasteiger partial charge in [0.25, 0.3) is 0 Å². The molecule has 24 heavy (non-hydrogen) atoms. The van der Waals surface area contributed by atoms with Crippen molar-refractivity contribution in [3.05, 3.63) is 81.9 Å². The minimum absolute atomic E-state index is 1.29. The Balaban J connectivity index is 2.03. The van der Waals surface area contributed by atoms with Crippen LogP contribution >= 0.6 is 0 Å². The van der Waals surface area contributed by atoms with E-state index in [-0.39, 0.29) is 0 Å². The van der Waals surface area contributed by atoms with Gasteiger partial charge in [-0.15, -0.1) is 0 Å². The maximum Gasteiger partial charge on any atom is -0.0152 e. The summed E-state index contributed by atoms with van der Waals surface area (Å²) in [6, 6.07) is 18.2. The van der Waals surface area contributed by atoms with Crippen LogP contribution in [0.1, 0.15) is 33.4 Å². The molecule has 0 aliphatic carbocycles. The molecule has 0 nitrogen and oxygen atoms in total. The Hall–Kier alpha value is -2.34. The van der Waals surface area contributed by atoms with Gasteiger partial charge in [-0.1, -0.05) is 48.5 Å². The van der Waals surface area contributed by atoms with Crippen molar-refractivity contribution in [3.63, 3.8) is 0 Å². The van der Waals surface area contributed by atoms with Gasteiger partial charge in [-0.05, 0) is 97.2 Å². The van der Waals surface area contributed by atoms with E-state index in [9.17, 15) is 0 Å². The van der Waals surface area contributed by atoms with Gasteiger partial charge in [-0.25, -0.2) is 0 Å². The Morgan fingerprint density at radius 2 is 0.667 bits per heavy atom. The van der Waals surface area contributed by atoms with Crippen molar-refractivity contribution in [3.8, 4) is 22.3 Å². The fraction of sp³-hybridized carbons (Fsp3) is 0.250. The van der Waals surface area contributed by atoms with Crippen molar-refractivity contribution in [2.75, 3.05) is 0 Å². The second kappa shape index (κ2) is 6.28. The third-order valence-electron chi connectivity index (χ3n) is 5.19. The van der Waals surface area contributed by atoms with Crippen LogP contribution in [0.4, 0.5) is 0 Å². The summed E-state index contributed by atoms with van der Waals surface area (Å²) in [5, 5.41) is 0. The first-order valence-electron chi connectivity index (χ1n) is 8.63. The van der Waals surface area contributed by atoms with Crippen LogP contribution in [0.3, 0.4) is 0 Å². The first kappa shape index (κ1) is 16.5. The van der Waals surface area contributed by atoms with Crippen LogP contribution in [0.2, 0.25) is 0 Å². The summed E-state index contributed by atoms with van der Waals surface area (Å²) in [6.45, 7) is 13.1. The van der Waals surface area contributed by atoms with Gasteiger partial charge in [-0.3, -0.25) is 0 Å². The van der Waals surface area contributed by atoms with Crippen LogP contribution in [0.5, 0.6) is 0 Å². The van der Waals surface area contributed by atoms with Gasteiger partial charge >= 0.3 is 0 Å². The van der Waals surface area contributed by atoms with Crippen LogP contribution in [-0.4, -0.2) is 0 Å². The van der Waals surface area contributed by atoms with Gasteiger partial charge < -0.3 is 0 Å². The van der Waals surface area contributed by atoms with E-state index in [0.717, 1.165) is 0 Å². The molecule has 0 aliphatic heterocycles. The number of rotatable bonds is 2. The molecule has 0 heteroatoms. The Labute approximate surface area is 146 Å². The van der Waals surface area contributed by atoms with E-state index in [1.807, 2.05) is 0 Å². The van der Waals surface area contributed by atoms with Crippen molar-refractivity contribution in [1.82, 2.24) is 0 Å². The highest BCUT2D eigenvalue weighted by molar-refractivity contribution is 5.74. The maximum atomic E-state index is 2.31. The summed E-state index contributed by atoms with van der Waals surface area (Å²) in [6.07, 6.45) is 0. The van der Waals surface area contributed by atoms with Crippen molar-refractivity contribution in [1.29, 1.82) is 0 Å². The predicted molar refractivity (Wildman–Crippen MR) is 106 cm³/mol. The zero-order chi connectivity index (χ0) is 17.4. The van der Waals surface area contributed by atoms with E-state index in [2.05, 4.69) is 90.1 Å². The first-order chi connectivity index (χ1) is 11.4. The number of aryl methyl sites for hydroxylation is 6. The summed E-state index contributed by atoms with van der Waals surface area (Å²) >= 11 is 0. The molecule has 3 aromatic carbocycles. The monoisotopic (exact) mass is 314 g/mol. The summed E-state index contributed by atoms with van der Waals surface area (Å²) in [5.74, 6) is 0. The molecule has 122 valence electrons. The first-order valence-corrected chi connectivity index (χ1v) is 8.63. The molecule has 0 fully saturated rings. The maximum absolute atomic E-state index is 2.31. The fourth-order valence-electron chi connectivity index (χ4n) is 3.37. The van der Waals surface area contributed by atoms with E-state index in [1.54, 1.807) is 0 Å². The Morgan fingerprint density at radius 1 is 0.375 bits per heavy atom. The molecule has 0 bridgehead atoms. The van der Waals surface area contributed by atoms with E-state index in [1.165, 1.54) is 55.6 Å². The summed E-state index contributed by atoms with van der Waals surface area (Å²) in [5.41, 5.74) is 13.4. The topological polar surface area (TPSA) is 0 Å². The lowest BCUT2D eigenvalue weighted by atomic mass is 9.92. The average molecular weight is 314 g/mol. The highest BCUT2D eigenvalue weighted by Gasteiger charge is 2.07. The fourth-order valence-corrected chi connectivity index (χ4v) is 3.37. The normalized spacial score (nSPS) is 10.9. The molecule has 0 heterocycles. The summed E-state index contributed by atoms with van der Waals surface area (Å²) < 4.78 is 0. The summed E-state index contributed by atoms with van der Waals surface area (Å²) in [7, 11) is 0. The van der Waals surface area contributed by atoms with Crippen molar-refractivity contribution in [2.45, 2.75) is 41.5 Å². The molecule has 0 radical (unpaired) electrons. The van der Waals surface area contributed by atoms with Gasteiger partial charge in [0.15, 0.2) is 0 Å². The molecule has 0 aliphatic rings. The third kappa shape index (κ3) is 3.01. The molecule has 0 saturated heterocycles. The number of benzene rings is 3. The third-order valence-corrected chi connectivity index (χ3v) is 5.19. The molecule has 0 N–H and O–H groups in total. The van der Waals surface area contributed by atoms with E-state index >= 15 is 0 Å². The molecule has 0 unspecified atom stereocenters. The van der Waals surface area contributed by atoms with Gasteiger partial charge in [-0.2, -0.15) is 0 Å². The molecule has 0 saturated carbocycles. The van der Waals surface area contributed by atoms with Gasteiger partial charge in [0.1, 0.15) is 0 Å². The lowest BCUT2D eigenvalue weighted by Crippen LogP contribution is -1.91. The molecular formula is C24H26. The minimum atomic E-state index is 1.29. The molecule has 0 aromatic heterocycles. The van der Waals surface area contributed by atoms with Crippen LogP contribution in [-0.2, 0) is 0 Å².